The Morgan fingerprint density at radius 3 is 2.78 bits per heavy atom. The molecule has 0 amide bonds. The van der Waals surface area contributed by atoms with E-state index in [-0.39, 0.29) is 5.12 Å². The lowest BCUT2D eigenvalue weighted by molar-refractivity contribution is -0.107. The van der Waals surface area contributed by atoms with Gasteiger partial charge >= 0.3 is 0 Å². The van der Waals surface area contributed by atoms with Crippen molar-refractivity contribution in [3.63, 3.8) is 0 Å². The van der Waals surface area contributed by atoms with Gasteiger partial charge in [0.2, 0.25) is 5.12 Å². The maximum absolute atomic E-state index is 12.1. The Morgan fingerprint density at radius 2 is 2.09 bits per heavy atom. The lowest BCUT2D eigenvalue weighted by Crippen LogP contribution is -1.95. The zero-order valence-corrected chi connectivity index (χ0v) is 15.0. The van der Waals surface area contributed by atoms with Gasteiger partial charge in [0, 0.05) is 5.56 Å². The van der Waals surface area contributed by atoms with Gasteiger partial charge in [0.25, 0.3) is 0 Å². The van der Waals surface area contributed by atoms with Crippen LogP contribution in [0.5, 0.6) is 0 Å². The first-order valence-corrected chi connectivity index (χ1v) is 9.24. The Kier molecular flexibility index (Phi) is 4.94. The number of benzene rings is 1. The Balaban J connectivity index is 2.00. The highest BCUT2D eigenvalue weighted by Gasteiger charge is 2.23. The molecule has 2 aromatic rings. The first-order chi connectivity index (χ1) is 11.1. The average Bonchev–Trinajstić information content (AvgIpc) is 3.03. The third kappa shape index (κ3) is 3.39. The molecule has 1 aliphatic rings. The van der Waals surface area contributed by atoms with Crippen molar-refractivity contribution in [1.82, 2.24) is 9.78 Å². The van der Waals surface area contributed by atoms with Gasteiger partial charge < -0.3 is 0 Å². The van der Waals surface area contributed by atoms with Gasteiger partial charge in [0.1, 0.15) is 15.2 Å². The normalized spacial score (nSPS) is 16.2. The van der Waals surface area contributed by atoms with Crippen LogP contribution in [-0.2, 0) is 4.79 Å². The molecule has 0 radical (unpaired) electrons. The maximum atomic E-state index is 12.1. The van der Waals surface area contributed by atoms with Gasteiger partial charge in [-0.1, -0.05) is 48.5 Å². The van der Waals surface area contributed by atoms with Crippen molar-refractivity contribution in [2.75, 3.05) is 5.75 Å². The van der Waals surface area contributed by atoms with Crippen molar-refractivity contribution in [2.45, 2.75) is 13.8 Å². The minimum Gasteiger partial charge on any atom is -0.279 e. The summed E-state index contributed by atoms with van der Waals surface area (Å²) in [6.45, 7) is 3.90. The summed E-state index contributed by atoms with van der Waals surface area (Å²) in [6.07, 6.45) is 1.72. The molecule has 7 heteroatoms. The number of aliphatic imine (C=N–C) groups is 1. The summed E-state index contributed by atoms with van der Waals surface area (Å²) in [5.74, 6) is 0.887. The van der Waals surface area contributed by atoms with E-state index in [2.05, 4.69) is 10.1 Å². The van der Waals surface area contributed by atoms with Gasteiger partial charge in [-0.05, 0) is 42.6 Å². The predicted octanol–water partition coefficient (Wildman–Crippen LogP) is 4.56. The van der Waals surface area contributed by atoms with E-state index in [1.807, 2.05) is 44.2 Å². The molecule has 1 aromatic carbocycles. The molecule has 0 bridgehead atoms. The Labute approximate surface area is 148 Å². The topological polar surface area (TPSA) is 47.2 Å². The molecule has 0 saturated heterocycles. The number of nitrogens with zero attached hydrogens (tertiary/aromatic N) is 3. The zero-order chi connectivity index (χ0) is 16.4. The number of halogens is 1. The maximum Gasteiger partial charge on any atom is 0.244 e. The first kappa shape index (κ1) is 16.4. The molecule has 1 aromatic heterocycles. The van der Waals surface area contributed by atoms with Crippen molar-refractivity contribution in [1.29, 1.82) is 0 Å². The average molecular weight is 364 g/mol. The summed E-state index contributed by atoms with van der Waals surface area (Å²) in [5.41, 5.74) is 2.79. The molecule has 4 nitrogen and oxygen atoms in total. The fourth-order valence-corrected chi connectivity index (χ4v) is 4.19. The molecule has 2 heterocycles. The molecular formula is C16H14ClN3OS2. The van der Waals surface area contributed by atoms with Gasteiger partial charge in [-0.15, -0.1) is 0 Å². The van der Waals surface area contributed by atoms with Crippen LogP contribution >= 0.6 is 35.1 Å². The second-order valence-electron chi connectivity index (χ2n) is 4.77. The molecule has 0 spiro atoms. The van der Waals surface area contributed by atoms with Gasteiger partial charge in [-0.25, -0.2) is 9.67 Å². The predicted molar refractivity (Wildman–Crippen MR) is 99.5 cm³/mol. The molecule has 0 saturated carbocycles. The highest BCUT2D eigenvalue weighted by Crippen LogP contribution is 2.33. The number of carbonyl (C=O) groups excluding carboxylic acids is 1. The van der Waals surface area contributed by atoms with Crippen LogP contribution in [0.4, 0.5) is 0 Å². The van der Waals surface area contributed by atoms with E-state index in [1.165, 1.54) is 11.8 Å². The van der Waals surface area contributed by atoms with E-state index in [0.29, 0.717) is 10.9 Å². The molecule has 0 unspecified atom stereocenters. The number of aromatic nitrogens is 2. The van der Waals surface area contributed by atoms with Crippen LogP contribution in [-0.4, -0.2) is 25.0 Å². The van der Waals surface area contributed by atoms with E-state index < -0.39 is 0 Å². The van der Waals surface area contributed by atoms with E-state index in [4.69, 9.17) is 11.6 Å². The number of rotatable bonds is 3. The fraction of sp³-hybridized carbons (Fsp3) is 0.188. The monoisotopic (exact) mass is 363 g/mol. The molecular weight excluding hydrogens is 350 g/mol. The third-order valence-electron chi connectivity index (χ3n) is 3.20. The molecule has 23 heavy (non-hydrogen) atoms. The number of para-hydroxylation sites is 1. The second kappa shape index (κ2) is 6.95. The standard InChI is InChI=1S/C16H14ClN3OS2/c1-3-22-16-18-13(15(21)23-16)9-12-10(2)19-20(14(12)17)11-7-5-4-6-8-11/h4-9H,3H2,1-2H3/b13-9+. The fourth-order valence-electron chi connectivity index (χ4n) is 2.13. The van der Waals surface area contributed by atoms with Crippen molar-refractivity contribution < 1.29 is 4.79 Å². The van der Waals surface area contributed by atoms with Crippen molar-refractivity contribution >= 4 is 50.7 Å². The Bertz CT molecular complexity index is 812. The largest absolute Gasteiger partial charge is 0.279 e. The number of hydrogen-bond donors (Lipinski definition) is 0. The minimum atomic E-state index is -0.0520. The SMILES string of the molecule is CCSC1=N/C(=C/c2c(C)nn(-c3ccccc3)c2Cl)C(=O)S1. The summed E-state index contributed by atoms with van der Waals surface area (Å²) in [7, 11) is 0. The van der Waals surface area contributed by atoms with Gasteiger partial charge in [-0.3, -0.25) is 4.79 Å². The Morgan fingerprint density at radius 1 is 1.35 bits per heavy atom. The molecule has 3 rings (SSSR count). The summed E-state index contributed by atoms with van der Waals surface area (Å²) in [4.78, 5) is 16.4. The van der Waals surface area contributed by atoms with Crippen LogP contribution in [0.1, 0.15) is 18.2 Å². The highest BCUT2D eigenvalue weighted by molar-refractivity contribution is 8.45. The summed E-state index contributed by atoms with van der Waals surface area (Å²) < 4.78 is 2.45. The summed E-state index contributed by atoms with van der Waals surface area (Å²) in [5, 5.41) is 4.90. The Hall–Kier alpha value is -1.50. The molecule has 118 valence electrons. The van der Waals surface area contributed by atoms with E-state index >= 15 is 0 Å². The van der Waals surface area contributed by atoms with E-state index in [9.17, 15) is 4.79 Å². The number of aryl methyl sites for hydroxylation is 1. The number of thioether (sulfide) groups is 2. The van der Waals surface area contributed by atoms with E-state index in [1.54, 1.807) is 22.5 Å². The van der Waals surface area contributed by atoms with Crippen LogP contribution in [0.3, 0.4) is 0 Å². The molecule has 0 aliphatic carbocycles. The highest BCUT2D eigenvalue weighted by atomic mass is 35.5. The molecule has 0 fully saturated rings. The van der Waals surface area contributed by atoms with Crippen LogP contribution in [0.25, 0.3) is 11.8 Å². The van der Waals surface area contributed by atoms with Gasteiger partial charge in [-0.2, -0.15) is 5.10 Å². The molecule has 1 aliphatic heterocycles. The summed E-state index contributed by atoms with van der Waals surface area (Å²) in [6, 6.07) is 9.65. The smallest absolute Gasteiger partial charge is 0.244 e. The van der Waals surface area contributed by atoms with Gasteiger partial charge in [0.05, 0.1) is 11.4 Å². The number of carbonyl (C=O) groups is 1. The van der Waals surface area contributed by atoms with Crippen molar-refractivity contribution in [3.05, 3.63) is 52.4 Å². The quantitative estimate of drug-likeness (QED) is 0.750. The van der Waals surface area contributed by atoms with E-state index in [0.717, 1.165) is 27.1 Å². The number of hydrogen-bond acceptors (Lipinski definition) is 5. The third-order valence-corrected chi connectivity index (χ3v) is 5.45. The first-order valence-electron chi connectivity index (χ1n) is 7.06. The van der Waals surface area contributed by atoms with Crippen LogP contribution in [0.15, 0.2) is 41.0 Å². The van der Waals surface area contributed by atoms with Crippen LogP contribution < -0.4 is 0 Å². The zero-order valence-electron chi connectivity index (χ0n) is 12.6. The van der Waals surface area contributed by atoms with Crippen molar-refractivity contribution in [2.24, 2.45) is 4.99 Å². The molecule has 0 N–H and O–H groups in total. The lowest BCUT2D eigenvalue weighted by Gasteiger charge is -2.02. The van der Waals surface area contributed by atoms with Crippen LogP contribution in [0.2, 0.25) is 5.15 Å². The lowest BCUT2D eigenvalue weighted by atomic mass is 10.2. The minimum absolute atomic E-state index is 0.0520. The summed E-state index contributed by atoms with van der Waals surface area (Å²) >= 11 is 9.20. The molecule has 0 atom stereocenters. The second-order valence-corrected chi connectivity index (χ2v) is 7.60. The van der Waals surface area contributed by atoms with Crippen molar-refractivity contribution in [3.8, 4) is 5.69 Å². The van der Waals surface area contributed by atoms with Crippen LogP contribution in [0, 0.1) is 6.92 Å². The van der Waals surface area contributed by atoms with Gasteiger partial charge in [0.15, 0.2) is 0 Å².